The molecule has 0 unspecified atom stereocenters. The van der Waals surface area contributed by atoms with Gasteiger partial charge in [0.15, 0.2) is 0 Å². The van der Waals surface area contributed by atoms with Crippen LogP contribution in [0, 0.1) is 6.92 Å². The summed E-state index contributed by atoms with van der Waals surface area (Å²) in [5.41, 5.74) is 4.80. The van der Waals surface area contributed by atoms with Crippen LogP contribution in [0.3, 0.4) is 0 Å². The number of hydrogen-bond acceptors (Lipinski definition) is 4. The van der Waals surface area contributed by atoms with E-state index in [0.29, 0.717) is 6.42 Å². The van der Waals surface area contributed by atoms with Crippen molar-refractivity contribution in [1.82, 2.24) is 5.32 Å². The molecule has 2 aromatic rings. The SMILES string of the molecule is Cc1ccc(S(=O)(=O)OCCc2ccc3c(c2)CNCC3)cc1. The van der Waals surface area contributed by atoms with Crippen molar-refractivity contribution < 1.29 is 12.6 Å². The Bertz CT molecular complexity index is 782. The fourth-order valence-electron chi connectivity index (χ4n) is 2.73. The van der Waals surface area contributed by atoms with Crippen molar-refractivity contribution in [2.45, 2.75) is 31.2 Å². The van der Waals surface area contributed by atoms with Gasteiger partial charge in [-0.2, -0.15) is 8.42 Å². The first-order chi connectivity index (χ1) is 11.0. The van der Waals surface area contributed by atoms with E-state index in [9.17, 15) is 8.42 Å². The minimum atomic E-state index is -3.68. The lowest BCUT2D eigenvalue weighted by molar-refractivity contribution is 0.322. The molecule has 0 fully saturated rings. The zero-order chi connectivity index (χ0) is 16.3. The van der Waals surface area contributed by atoms with Crippen molar-refractivity contribution in [3.05, 3.63) is 64.7 Å². The molecule has 0 amide bonds. The molecule has 0 spiro atoms. The molecule has 23 heavy (non-hydrogen) atoms. The summed E-state index contributed by atoms with van der Waals surface area (Å²) in [7, 11) is -3.68. The zero-order valence-electron chi connectivity index (χ0n) is 13.2. The second-order valence-electron chi connectivity index (χ2n) is 5.87. The van der Waals surface area contributed by atoms with E-state index in [-0.39, 0.29) is 11.5 Å². The molecular formula is C18H21NO3S. The molecule has 122 valence electrons. The highest BCUT2D eigenvalue weighted by atomic mass is 32.2. The molecule has 2 aromatic carbocycles. The molecule has 3 rings (SSSR count). The summed E-state index contributed by atoms with van der Waals surface area (Å²) in [6.07, 6.45) is 1.63. The third kappa shape index (κ3) is 3.99. The number of fused-ring (bicyclic) bond motifs is 1. The molecule has 0 atom stereocenters. The number of aryl methyl sites for hydroxylation is 1. The van der Waals surface area contributed by atoms with E-state index < -0.39 is 10.1 Å². The maximum absolute atomic E-state index is 12.1. The van der Waals surface area contributed by atoms with E-state index in [0.717, 1.165) is 30.6 Å². The molecule has 1 heterocycles. The van der Waals surface area contributed by atoms with Gasteiger partial charge in [-0.15, -0.1) is 0 Å². The number of hydrogen-bond donors (Lipinski definition) is 1. The van der Waals surface area contributed by atoms with Crippen molar-refractivity contribution in [1.29, 1.82) is 0 Å². The van der Waals surface area contributed by atoms with Gasteiger partial charge in [0.25, 0.3) is 10.1 Å². The van der Waals surface area contributed by atoms with Gasteiger partial charge in [0.1, 0.15) is 0 Å². The molecule has 5 heteroatoms. The average Bonchev–Trinajstić information content (AvgIpc) is 2.55. The summed E-state index contributed by atoms with van der Waals surface area (Å²) in [5.74, 6) is 0. The molecule has 0 radical (unpaired) electrons. The first kappa shape index (κ1) is 16.2. The van der Waals surface area contributed by atoms with Crippen LogP contribution < -0.4 is 5.32 Å². The lowest BCUT2D eigenvalue weighted by Crippen LogP contribution is -2.23. The van der Waals surface area contributed by atoms with E-state index in [1.807, 2.05) is 6.92 Å². The Morgan fingerprint density at radius 1 is 1.09 bits per heavy atom. The van der Waals surface area contributed by atoms with E-state index in [1.165, 1.54) is 11.1 Å². The minimum absolute atomic E-state index is 0.155. The Morgan fingerprint density at radius 3 is 2.65 bits per heavy atom. The quantitative estimate of drug-likeness (QED) is 0.856. The average molecular weight is 331 g/mol. The van der Waals surface area contributed by atoms with Crippen LogP contribution >= 0.6 is 0 Å². The van der Waals surface area contributed by atoms with Crippen molar-refractivity contribution >= 4 is 10.1 Å². The molecule has 0 aromatic heterocycles. The summed E-state index contributed by atoms with van der Waals surface area (Å²) in [6, 6.07) is 13.0. The molecule has 0 saturated heterocycles. The van der Waals surface area contributed by atoms with Crippen LogP contribution in [0.25, 0.3) is 0 Å². The standard InChI is InChI=1S/C18H21NO3S/c1-14-2-6-18(7-3-14)23(20,21)22-11-9-15-4-5-16-8-10-19-13-17(16)12-15/h2-7,12,19H,8-11,13H2,1H3. The topological polar surface area (TPSA) is 55.4 Å². The first-order valence-electron chi connectivity index (χ1n) is 7.82. The monoisotopic (exact) mass is 331 g/mol. The second kappa shape index (κ2) is 6.83. The van der Waals surface area contributed by atoms with Gasteiger partial charge in [-0.3, -0.25) is 4.18 Å². The highest BCUT2D eigenvalue weighted by Crippen LogP contribution is 2.17. The normalized spacial score (nSPS) is 14.5. The predicted molar refractivity (Wildman–Crippen MR) is 89.9 cm³/mol. The predicted octanol–water partition coefficient (Wildman–Crippen LogP) is 2.59. The molecular weight excluding hydrogens is 310 g/mol. The van der Waals surface area contributed by atoms with Crippen LogP contribution in [0.1, 0.15) is 22.3 Å². The van der Waals surface area contributed by atoms with Gasteiger partial charge in [-0.05, 0) is 55.1 Å². The molecule has 1 N–H and O–H groups in total. The fraction of sp³-hybridized carbons (Fsp3) is 0.333. The summed E-state index contributed by atoms with van der Waals surface area (Å²) >= 11 is 0. The third-order valence-electron chi connectivity index (χ3n) is 4.10. The Labute approximate surface area is 137 Å². The van der Waals surface area contributed by atoms with Gasteiger partial charge >= 0.3 is 0 Å². The zero-order valence-corrected chi connectivity index (χ0v) is 14.0. The number of rotatable bonds is 5. The smallest absolute Gasteiger partial charge is 0.296 e. The Morgan fingerprint density at radius 2 is 1.87 bits per heavy atom. The van der Waals surface area contributed by atoms with Crippen LogP contribution in [0.15, 0.2) is 47.4 Å². The van der Waals surface area contributed by atoms with E-state index in [4.69, 9.17) is 4.18 Å². The van der Waals surface area contributed by atoms with Gasteiger partial charge in [0, 0.05) is 6.54 Å². The lowest BCUT2D eigenvalue weighted by Gasteiger charge is -2.17. The fourth-order valence-corrected chi connectivity index (χ4v) is 3.64. The largest absolute Gasteiger partial charge is 0.312 e. The van der Waals surface area contributed by atoms with Gasteiger partial charge in [0.2, 0.25) is 0 Å². The summed E-state index contributed by atoms with van der Waals surface area (Å²) in [4.78, 5) is 0.206. The van der Waals surface area contributed by atoms with Crippen molar-refractivity contribution in [3.8, 4) is 0 Å². The van der Waals surface area contributed by atoms with Crippen molar-refractivity contribution in [2.75, 3.05) is 13.2 Å². The summed E-state index contributed by atoms with van der Waals surface area (Å²) in [5, 5.41) is 3.35. The Hall–Kier alpha value is -1.69. The molecule has 1 aliphatic rings. The number of nitrogens with one attached hydrogen (secondary N) is 1. The Balaban J connectivity index is 1.61. The van der Waals surface area contributed by atoms with Gasteiger partial charge in [-0.25, -0.2) is 0 Å². The summed E-state index contributed by atoms with van der Waals surface area (Å²) in [6.45, 7) is 3.97. The lowest BCUT2D eigenvalue weighted by atomic mass is 9.98. The van der Waals surface area contributed by atoms with Crippen LogP contribution in [-0.4, -0.2) is 21.6 Å². The third-order valence-corrected chi connectivity index (χ3v) is 5.42. The van der Waals surface area contributed by atoms with Gasteiger partial charge < -0.3 is 5.32 Å². The van der Waals surface area contributed by atoms with E-state index >= 15 is 0 Å². The van der Waals surface area contributed by atoms with E-state index in [1.54, 1.807) is 24.3 Å². The molecule has 0 aliphatic carbocycles. The van der Waals surface area contributed by atoms with Crippen molar-refractivity contribution in [3.63, 3.8) is 0 Å². The van der Waals surface area contributed by atoms with Crippen LogP contribution in [0.5, 0.6) is 0 Å². The highest BCUT2D eigenvalue weighted by Gasteiger charge is 2.15. The molecule has 1 aliphatic heterocycles. The summed E-state index contributed by atoms with van der Waals surface area (Å²) < 4.78 is 29.4. The van der Waals surface area contributed by atoms with Crippen LogP contribution in [-0.2, 0) is 33.7 Å². The van der Waals surface area contributed by atoms with Crippen LogP contribution in [0.4, 0.5) is 0 Å². The molecule has 4 nitrogen and oxygen atoms in total. The Kier molecular flexibility index (Phi) is 4.80. The number of benzene rings is 2. The first-order valence-corrected chi connectivity index (χ1v) is 9.23. The molecule has 0 bridgehead atoms. The maximum Gasteiger partial charge on any atom is 0.296 e. The minimum Gasteiger partial charge on any atom is -0.312 e. The van der Waals surface area contributed by atoms with Crippen LogP contribution in [0.2, 0.25) is 0 Å². The van der Waals surface area contributed by atoms with Gasteiger partial charge in [-0.1, -0.05) is 35.9 Å². The maximum atomic E-state index is 12.1. The molecule has 0 saturated carbocycles. The van der Waals surface area contributed by atoms with Crippen molar-refractivity contribution in [2.24, 2.45) is 0 Å². The highest BCUT2D eigenvalue weighted by molar-refractivity contribution is 7.86. The van der Waals surface area contributed by atoms with Gasteiger partial charge in [0.05, 0.1) is 11.5 Å². The van der Waals surface area contributed by atoms with E-state index in [2.05, 4.69) is 23.5 Å². The second-order valence-corrected chi connectivity index (χ2v) is 7.48.